The number of hydrogen-bond donors (Lipinski definition) is 2. The lowest BCUT2D eigenvalue weighted by Crippen LogP contribution is -2.45. The molecule has 3 rings (SSSR count). The lowest BCUT2D eigenvalue weighted by Gasteiger charge is -2.33. The van der Waals surface area contributed by atoms with E-state index < -0.39 is 0 Å². The number of hydrogen-bond acceptors (Lipinski definition) is 3. The van der Waals surface area contributed by atoms with Crippen LogP contribution in [0.5, 0.6) is 0 Å². The van der Waals surface area contributed by atoms with Gasteiger partial charge in [0.25, 0.3) is 0 Å². The van der Waals surface area contributed by atoms with E-state index in [1.807, 2.05) is 7.05 Å². The molecular formula is C23H37N3O2. The van der Waals surface area contributed by atoms with Crippen LogP contribution in [-0.4, -0.2) is 46.4 Å². The maximum absolute atomic E-state index is 6.13. The highest BCUT2D eigenvalue weighted by Gasteiger charge is 2.33. The maximum atomic E-state index is 6.13. The normalized spacial score (nSPS) is 24.9. The number of guanidine groups is 1. The van der Waals surface area contributed by atoms with Crippen LogP contribution in [0.15, 0.2) is 35.3 Å². The summed E-state index contributed by atoms with van der Waals surface area (Å²) in [5.74, 6) is 1.37. The first-order chi connectivity index (χ1) is 13.8. The Morgan fingerprint density at radius 1 is 1.18 bits per heavy atom. The molecule has 1 aromatic carbocycles. The van der Waals surface area contributed by atoms with Crippen molar-refractivity contribution in [1.82, 2.24) is 10.6 Å². The molecule has 1 aliphatic carbocycles. The first-order valence-corrected chi connectivity index (χ1v) is 10.9. The van der Waals surface area contributed by atoms with Crippen molar-refractivity contribution in [3.05, 3.63) is 35.9 Å². The van der Waals surface area contributed by atoms with Crippen LogP contribution in [-0.2, 0) is 9.47 Å². The molecule has 1 aliphatic heterocycles. The maximum Gasteiger partial charge on any atom is 0.191 e. The van der Waals surface area contributed by atoms with Crippen molar-refractivity contribution in [2.75, 3.05) is 40.5 Å². The number of aliphatic imine (C=N–C) groups is 1. The van der Waals surface area contributed by atoms with E-state index in [2.05, 4.69) is 46.0 Å². The molecule has 1 saturated heterocycles. The lowest BCUT2D eigenvalue weighted by atomic mass is 9.83. The number of nitrogens with one attached hydrogen (secondary N) is 2. The van der Waals surface area contributed by atoms with E-state index in [1.165, 1.54) is 37.7 Å². The second-order valence-corrected chi connectivity index (χ2v) is 8.36. The van der Waals surface area contributed by atoms with E-state index in [-0.39, 0.29) is 6.10 Å². The van der Waals surface area contributed by atoms with Crippen LogP contribution in [0.2, 0.25) is 0 Å². The van der Waals surface area contributed by atoms with Gasteiger partial charge < -0.3 is 20.1 Å². The molecule has 2 unspecified atom stereocenters. The Kier molecular flexibility index (Phi) is 8.16. The van der Waals surface area contributed by atoms with Crippen molar-refractivity contribution in [3.63, 3.8) is 0 Å². The Balaban J connectivity index is 1.52. The number of benzene rings is 1. The second-order valence-electron chi connectivity index (χ2n) is 8.36. The zero-order chi connectivity index (χ0) is 19.7. The van der Waals surface area contributed by atoms with Crippen LogP contribution >= 0.6 is 0 Å². The third kappa shape index (κ3) is 5.71. The summed E-state index contributed by atoms with van der Waals surface area (Å²) in [6, 6.07) is 10.6. The SMILES string of the molecule is CN=C(NCC1CCCOC1c1ccccc1)NCC1(CCOC)CCCC1. The molecule has 2 aliphatic rings. The molecule has 0 amide bonds. The molecule has 5 heteroatoms. The Labute approximate surface area is 170 Å². The van der Waals surface area contributed by atoms with Crippen molar-refractivity contribution in [2.45, 2.75) is 51.0 Å². The van der Waals surface area contributed by atoms with E-state index >= 15 is 0 Å². The predicted octanol–water partition coefficient (Wildman–Crippen LogP) is 3.92. The van der Waals surface area contributed by atoms with Gasteiger partial charge in [0.2, 0.25) is 0 Å². The van der Waals surface area contributed by atoms with Crippen molar-refractivity contribution >= 4 is 5.96 Å². The average Bonchev–Trinajstić information content (AvgIpc) is 3.22. The standard InChI is InChI=1S/C23H37N3O2/c1-24-22(26-18-23(14-16-27-2)12-6-7-13-23)25-17-20-11-8-15-28-21(20)19-9-4-3-5-10-19/h3-5,9-10,20-21H,6-8,11-18H2,1-2H3,(H2,24,25,26). The van der Waals surface area contributed by atoms with Gasteiger partial charge in [-0.3, -0.25) is 4.99 Å². The fourth-order valence-corrected chi connectivity index (χ4v) is 4.74. The summed E-state index contributed by atoms with van der Waals surface area (Å²) in [5.41, 5.74) is 1.63. The zero-order valence-corrected chi connectivity index (χ0v) is 17.6. The Hall–Kier alpha value is -1.59. The summed E-state index contributed by atoms with van der Waals surface area (Å²) in [6.07, 6.45) is 8.83. The first kappa shape index (κ1) is 21.1. The van der Waals surface area contributed by atoms with Gasteiger partial charge in [0.05, 0.1) is 6.10 Å². The molecule has 156 valence electrons. The van der Waals surface area contributed by atoms with Gasteiger partial charge in [0.1, 0.15) is 0 Å². The summed E-state index contributed by atoms with van der Waals surface area (Å²) in [7, 11) is 3.66. The van der Waals surface area contributed by atoms with E-state index in [0.717, 1.165) is 45.1 Å². The zero-order valence-electron chi connectivity index (χ0n) is 17.6. The Morgan fingerprint density at radius 3 is 2.68 bits per heavy atom. The molecule has 2 fully saturated rings. The largest absolute Gasteiger partial charge is 0.385 e. The van der Waals surface area contributed by atoms with Gasteiger partial charge in [0, 0.05) is 46.4 Å². The first-order valence-electron chi connectivity index (χ1n) is 10.9. The van der Waals surface area contributed by atoms with Gasteiger partial charge >= 0.3 is 0 Å². The van der Waals surface area contributed by atoms with Crippen molar-refractivity contribution in [2.24, 2.45) is 16.3 Å². The van der Waals surface area contributed by atoms with Crippen LogP contribution in [0.25, 0.3) is 0 Å². The number of rotatable bonds is 8. The molecule has 28 heavy (non-hydrogen) atoms. The third-order valence-electron chi connectivity index (χ3n) is 6.46. The van der Waals surface area contributed by atoms with Crippen LogP contribution in [0.4, 0.5) is 0 Å². The Bertz CT molecular complexity index is 599. The minimum absolute atomic E-state index is 0.170. The molecular weight excluding hydrogens is 350 g/mol. The van der Waals surface area contributed by atoms with Crippen LogP contribution in [0.3, 0.4) is 0 Å². The lowest BCUT2D eigenvalue weighted by molar-refractivity contribution is -0.0265. The highest BCUT2D eigenvalue weighted by Crippen LogP contribution is 2.40. The van der Waals surface area contributed by atoms with Gasteiger partial charge in [0.15, 0.2) is 5.96 Å². The highest BCUT2D eigenvalue weighted by atomic mass is 16.5. The molecule has 1 heterocycles. The second kappa shape index (κ2) is 10.8. The van der Waals surface area contributed by atoms with Crippen LogP contribution < -0.4 is 10.6 Å². The number of nitrogens with zero attached hydrogens (tertiary/aromatic N) is 1. The minimum Gasteiger partial charge on any atom is -0.385 e. The Morgan fingerprint density at radius 2 is 1.96 bits per heavy atom. The third-order valence-corrected chi connectivity index (χ3v) is 6.46. The molecule has 0 bridgehead atoms. The molecule has 2 atom stereocenters. The van der Waals surface area contributed by atoms with E-state index in [1.54, 1.807) is 7.11 Å². The van der Waals surface area contributed by atoms with Crippen molar-refractivity contribution < 1.29 is 9.47 Å². The monoisotopic (exact) mass is 387 g/mol. The van der Waals surface area contributed by atoms with E-state index in [9.17, 15) is 0 Å². The summed E-state index contributed by atoms with van der Waals surface area (Å²) in [5, 5.41) is 7.16. The smallest absolute Gasteiger partial charge is 0.191 e. The number of methoxy groups -OCH3 is 1. The quantitative estimate of drug-likeness (QED) is 0.524. The van der Waals surface area contributed by atoms with Crippen LogP contribution in [0, 0.1) is 11.3 Å². The molecule has 0 radical (unpaired) electrons. The van der Waals surface area contributed by atoms with Gasteiger partial charge in [-0.15, -0.1) is 0 Å². The summed E-state index contributed by atoms with van der Waals surface area (Å²) < 4.78 is 11.5. The van der Waals surface area contributed by atoms with Gasteiger partial charge in [-0.25, -0.2) is 0 Å². The number of ether oxygens (including phenoxy) is 2. The van der Waals surface area contributed by atoms with Crippen molar-refractivity contribution in [1.29, 1.82) is 0 Å². The summed E-state index contributed by atoms with van der Waals surface area (Å²) in [4.78, 5) is 4.46. The van der Waals surface area contributed by atoms with Crippen molar-refractivity contribution in [3.8, 4) is 0 Å². The topological polar surface area (TPSA) is 54.9 Å². The molecule has 0 spiro atoms. The summed E-state index contributed by atoms with van der Waals surface area (Å²) in [6.45, 7) is 3.54. The van der Waals surface area contributed by atoms with Gasteiger partial charge in [-0.2, -0.15) is 0 Å². The molecule has 1 aromatic rings. The average molecular weight is 388 g/mol. The fourth-order valence-electron chi connectivity index (χ4n) is 4.74. The van der Waals surface area contributed by atoms with Crippen LogP contribution in [0.1, 0.15) is 56.6 Å². The minimum atomic E-state index is 0.170. The molecule has 2 N–H and O–H groups in total. The molecule has 5 nitrogen and oxygen atoms in total. The summed E-state index contributed by atoms with van der Waals surface area (Å²) >= 11 is 0. The predicted molar refractivity (Wildman–Crippen MR) is 115 cm³/mol. The molecule has 0 aromatic heterocycles. The van der Waals surface area contributed by atoms with E-state index in [0.29, 0.717) is 11.3 Å². The van der Waals surface area contributed by atoms with E-state index in [4.69, 9.17) is 9.47 Å². The fraction of sp³-hybridized carbons (Fsp3) is 0.696. The highest BCUT2D eigenvalue weighted by molar-refractivity contribution is 5.79. The van der Waals surface area contributed by atoms with Gasteiger partial charge in [-0.1, -0.05) is 43.2 Å². The van der Waals surface area contributed by atoms with Gasteiger partial charge in [-0.05, 0) is 43.1 Å². The molecule has 1 saturated carbocycles.